The number of nitrogens with two attached hydrogens (primary N) is 1. The number of pyridine rings is 1. The van der Waals surface area contributed by atoms with E-state index in [9.17, 15) is 0 Å². The summed E-state index contributed by atoms with van der Waals surface area (Å²) in [7, 11) is 0. The van der Waals surface area contributed by atoms with Crippen molar-refractivity contribution in [2.75, 3.05) is 18.9 Å². The number of ether oxygens (including phenoxy) is 2. The molecule has 0 bridgehead atoms. The Bertz CT molecular complexity index is 646. The molecule has 1 aliphatic rings. The summed E-state index contributed by atoms with van der Waals surface area (Å²) in [4.78, 5) is 4.18. The third-order valence-corrected chi connectivity index (χ3v) is 2.61. The number of fused-ring (bicyclic) bond motifs is 2. The number of hydrogen-bond acceptors (Lipinski definition) is 5. The van der Waals surface area contributed by atoms with Crippen molar-refractivity contribution in [2.45, 2.75) is 0 Å². The molecule has 84 valence electrons. The van der Waals surface area contributed by atoms with Gasteiger partial charge in [-0.1, -0.05) is 0 Å². The molecule has 5 heteroatoms. The summed E-state index contributed by atoms with van der Waals surface area (Å²) < 4.78 is 10.9. The second-order valence-electron chi connectivity index (χ2n) is 3.72. The Kier molecular flexibility index (Phi) is 2.02. The number of hydrogen-bond donors (Lipinski definition) is 1. The summed E-state index contributed by atoms with van der Waals surface area (Å²) in [5.74, 6) is 1.61. The number of nitrogen functional groups attached to an aromatic ring is 1. The van der Waals surface area contributed by atoms with Gasteiger partial charge in [0, 0.05) is 11.5 Å². The fourth-order valence-electron chi connectivity index (χ4n) is 1.88. The van der Waals surface area contributed by atoms with Crippen molar-refractivity contribution in [3.05, 3.63) is 23.8 Å². The molecular formula is C12H9N3O2. The highest BCUT2D eigenvalue weighted by Gasteiger charge is 2.15. The number of aromatic nitrogens is 1. The van der Waals surface area contributed by atoms with Crippen LogP contribution >= 0.6 is 0 Å². The average Bonchev–Trinajstić information content (AvgIpc) is 2.35. The summed E-state index contributed by atoms with van der Waals surface area (Å²) in [6.45, 7) is 1.04. The molecule has 5 nitrogen and oxygen atoms in total. The van der Waals surface area contributed by atoms with E-state index in [-0.39, 0.29) is 0 Å². The van der Waals surface area contributed by atoms with E-state index in [0.717, 1.165) is 5.39 Å². The van der Waals surface area contributed by atoms with E-state index < -0.39 is 0 Å². The van der Waals surface area contributed by atoms with Crippen LogP contribution in [0, 0.1) is 11.3 Å². The molecule has 0 fully saturated rings. The Labute approximate surface area is 97.4 Å². The molecule has 2 N–H and O–H groups in total. The minimum absolute atomic E-state index is 0.325. The van der Waals surface area contributed by atoms with Crippen molar-refractivity contribution in [3.63, 3.8) is 0 Å². The SMILES string of the molecule is N#Cc1cc(N)nc2cc3c(cc12)OCCO3. The lowest BCUT2D eigenvalue weighted by Crippen LogP contribution is -2.15. The van der Waals surface area contributed by atoms with Gasteiger partial charge in [0.1, 0.15) is 19.0 Å². The Morgan fingerprint density at radius 2 is 1.88 bits per heavy atom. The predicted octanol–water partition coefficient (Wildman–Crippen LogP) is 1.46. The fraction of sp³-hybridized carbons (Fsp3) is 0.167. The van der Waals surface area contributed by atoms with Crippen LogP contribution in [0.2, 0.25) is 0 Å². The predicted molar refractivity (Wildman–Crippen MR) is 61.9 cm³/mol. The summed E-state index contributed by atoms with van der Waals surface area (Å²) in [6, 6.07) is 7.18. The molecule has 0 radical (unpaired) electrons. The van der Waals surface area contributed by atoms with Crippen molar-refractivity contribution in [1.82, 2.24) is 4.98 Å². The van der Waals surface area contributed by atoms with Gasteiger partial charge in [0.05, 0.1) is 17.1 Å². The third-order valence-electron chi connectivity index (χ3n) is 2.61. The Balaban J connectivity index is 2.34. The maximum Gasteiger partial charge on any atom is 0.163 e. The molecule has 0 aliphatic carbocycles. The van der Waals surface area contributed by atoms with Crippen LogP contribution in [-0.2, 0) is 0 Å². The molecule has 0 saturated heterocycles. The largest absolute Gasteiger partial charge is 0.486 e. The van der Waals surface area contributed by atoms with Gasteiger partial charge in [0.15, 0.2) is 11.5 Å². The number of nitrogens with zero attached hydrogens (tertiary/aromatic N) is 2. The number of rotatable bonds is 0. The van der Waals surface area contributed by atoms with E-state index in [2.05, 4.69) is 11.1 Å². The molecule has 0 atom stereocenters. The van der Waals surface area contributed by atoms with Gasteiger partial charge in [-0.15, -0.1) is 0 Å². The van der Waals surface area contributed by atoms with Crippen LogP contribution in [0.15, 0.2) is 18.2 Å². The van der Waals surface area contributed by atoms with E-state index in [1.807, 2.05) is 0 Å². The van der Waals surface area contributed by atoms with Crippen molar-refractivity contribution < 1.29 is 9.47 Å². The first-order chi connectivity index (χ1) is 8.28. The first-order valence-electron chi connectivity index (χ1n) is 5.18. The standard InChI is InChI=1S/C12H9N3O2/c13-6-7-3-12(14)15-9-5-11-10(4-8(7)9)16-1-2-17-11/h3-5H,1-2H2,(H2,14,15). The Morgan fingerprint density at radius 3 is 2.59 bits per heavy atom. The van der Waals surface area contributed by atoms with Crippen molar-refractivity contribution in [3.8, 4) is 17.6 Å². The van der Waals surface area contributed by atoms with Gasteiger partial charge in [0.25, 0.3) is 0 Å². The number of benzene rings is 1. The summed E-state index contributed by atoms with van der Waals surface area (Å²) >= 11 is 0. The number of anilines is 1. The molecule has 3 rings (SSSR count). The van der Waals surface area contributed by atoms with E-state index in [0.29, 0.717) is 41.6 Å². The van der Waals surface area contributed by atoms with Crippen LogP contribution in [0.1, 0.15) is 5.56 Å². The average molecular weight is 227 g/mol. The highest BCUT2D eigenvalue weighted by Crippen LogP contribution is 2.35. The molecule has 17 heavy (non-hydrogen) atoms. The molecule has 0 amide bonds. The zero-order valence-corrected chi connectivity index (χ0v) is 8.93. The van der Waals surface area contributed by atoms with Gasteiger partial charge in [0.2, 0.25) is 0 Å². The Morgan fingerprint density at radius 1 is 1.18 bits per heavy atom. The smallest absolute Gasteiger partial charge is 0.163 e. The minimum atomic E-state index is 0.325. The van der Waals surface area contributed by atoms with Gasteiger partial charge < -0.3 is 15.2 Å². The topological polar surface area (TPSA) is 81.2 Å². The first kappa shape index (κ1) is 9.73. The minimum Gasteiger partial charge on any atom is -0.486 e. The maximum absolute atomic E-state index is 9.06. The molecule has 1 aliphatic heterocycles. The fourth-order valence-corrected chi connectivity index (χ4v) is 1.88. The van der Waals surface area contributed by atoms with Crippen molar-refractivity contribution >= 4 is 16.7 Å². The van der Waals surface area contributed by atoms with E-state index in [1.54, 1.807) is 18.2 Å². The second kappa shape index (κ2) is 3.52. The summed E-state index contributed by atoms with van der Waals surface area (Å²) in [5.41, 5.74) is 6.78. The Hall–Kier alpha value is -2.48. The molecule has 1 aromatic heterocycles. The quantitative estimate of drug-likeness (QED) is 0.736. The highest BCUT2D eigenvalue weighted by molar-refractivity contribution is 5.89. The van der Waals surface area contributed by atoms with Gasteiger partial charge in [-0.2, -0.15) is 5.26 Å². The lowest BCUT2D eigenvalue weighted by Gasteiger charge is -2.18. The summed E-state index contributed by atoms with van der Waals surface area (Å²) in [6.07, 6.45) is 0. The van der Waals surface area contributed by atoms with Crippen molar-refractivity contribution in [2.24, 2.45) is 0 Å². The van der Waals surface area contributed by atoms with Crippen molar-refractivity contribution in [1.29, 1.82) is 5.26 Å². The van der Waals surface area contributed by atoms with E-state index >= 15 is 0 Å². The van der Waals surface area contributed by atoms with E-state index in [4.69, 9.17) is 20.5 Å². The van der Waals surface area contributed by atoms with Crippen LogP contribution in [-0.4, -0.2) is 18.2 Å². The van der Waals surface area contributed by atoms with Gasteiger partial charge in [-0.05, 0) is 12.1 Å². The molecule has 2 aromatic rings. The molecule has 0 unspecified atom stereocenters. The summed E-state index contributed by atoms with van der Waals surface area (Å²) in [5, 5.41) is 9.79. The van der Waals surface area contributed by atoms with Gasteiger partial charge >= 0.3 is 0 Å². The van der Waals surface area contributed by atoms with E-state index in [1.165, 1.54) is 0 Å². The maximum atomic E-state index is 9.06. The molecule has 0 spiro atoms. The second-order valence-corrected chi connectivity index (χ2v) is 3.72. The van der Waals surface area contributed by atoms with Crippen LogP contribution < -0.4 is 15.2 Å². The zero-order valence-electron chi connectivity index (χ0n) is 8.93. The van der Waals surface area contributed by atoms with Crippen LogP contribution in [0.3, 0.4) is 0 Å². The zero-order chi connectivity index (χ0) is 11.8. The lowest BCUT2D eigenvalue weighted by molar-refractivity contribution is 0.172. The molecule has 2 heterocycles. The van der Waals surface area contributed by atoms with Crippen LogP contribution in [0.25, 0.3) is 10.9 Å². The first-order valence-corrected chi connectivity index (χ1v) is 5.18. The lowest BCUT2D eigenvalue weighted by atomic mass is 10.1. The highest BCUT2D eigenvalue weighted by atomic mass is 16.6. The van der Waals surface area contributed by atoms with Crippen LogP contribution in [0.5, 0.6) is 11.5 Å². The van der Waals surface area contributed by atoms with Gasteiger partial charge in [-0.25, -0.2) is 4.98 Å². The normalized spacial score (nSPS) is 13.4. The molecule has 0 saturated carbocycles. The third kappa shape index (κ3) is 1.51. The van der Waals surface area contributed by atoms with Gasteiger partial charge in [-0.3, -0.25) is 0 Å². The van der Waals surface area contributed by atoms with Crippen LogP contribution in [0.4, 0.5) is 5.82 Å². The number of nitriles is 1. The molecular weight excluding hydrogens is 218 g/mol. The molecule has 1 aromatic carbocycles. The monoisotopic (exact) mass is 227 g/mol.